The van der Waals surface area contributed by atoms with E-state index in [9.17, 15) is 8.78 Å². The van der Waals surface area contributed by atoms with Gasteiger partial charge in [-0.15, -0.1) is 0 Å². The SMILES string of the molecule is CCNC(c1ccc(F)cc1I)c1ccc(Br)c(Cl)c1F. The Morgan fingerprint density at radius 1 is 1.24 bits per heavy atom. The summed E-state index contributed by atoms with van der Waals surface area (Å²) in [5.74, 6) is -0.787. The van der Waals surface area contributed by atoms with Crippen LogP contribution in [0.2, 0.25) is 5.02 Å². The molecule has 0 spiro atoms. The average Bonchev–Trinajstić information content (AvgIpc) is 2.44. The second-order valence-electron chi connectivity index (χ2n) is 4.42. The molecule has 2 aromatic rings. The molecule has 1 nitrogen and oxygen atoms in total. The Kier molecular flexibility index (Phi) is 5.99. The van der Waals surface area contributed by atoms with Gasteiger partial charge in [-0.05, 0) is 68.8 Å². The largest absolute Gasteiger partial charge is 0.306 e. The molecule has 0 aromatic heterocycles. The van der Waals surface area contributed by atoms with Crippen LogP contribution in [0.4, 0.5) is 8.78 Å². The Morgan fingerprint density at radius 2 is 1.90 bits per heavy atom. The first-order valence-electron chi connectivity index (χ1n) is 6.27. The molecule has 0 heterocycles. The van der Waals surface area contributed by atoms with Gasteiger partial charge in [0.25, 0.3) is 0 Å². The van der Waals surface area contributed by atoms with Crippen molar-refractivity contribution in [3.63, 3.8) is 0 Å². The van der Waals surface area contributed by atoms with Gasteiger partial charge in [-0.3, -0.25) is 0 Å². The zero-order chi connectivity index (χ0) is 15.6. The van der Waals surface area contributed by atoms with Gasteiger partial charge in [0.15, 0.2) is 0 Å². The lowest BCUT2D eigenvalue weighted by molar-refractivity contribution is 0.556. The van der Waals surface area contributed by atoms with Crippen molar-refractivity contribution in [1.82, 2.24) is 5.32 Å². The summed E-state index contributed by atoms with van der Waals surface area (Å²) in [5.41, 5.74) is 1.26. The van der Waals surface area contributed by atoms with Crippen molar-refractivity contribution in [1.29, 1.82) is 0 Å². The summed E-state index contributed by atoms with van der Waals surface area (Å²) in [6.45, 7) is 2.58. The highest BCUT2D eigenvalue weighted by Crippen LogP contribution is 2.34. The normalized spacial score (nSPS) is 12.5. The predicted molar refractivity (Wildman–Crippen MR) is 93.7 cm³/mol. The van der Waals surface area contributed by atoms with E-state index < -0.39 is 5.82 Å². The standard InChI is InChI=1S/C15H12BrClF2IN/c1-2-21-15(9-4-3-8(18)7-12(9)20)10-5-6-11(16)13(17)14(10)19/h3-7,15,21H,2H2,1H3. The molecule has 0 bridgehead atoms. The summed E-state index contributed by atoms with van der Waals surface area (Å²) in [5, 5.41) is 3.27. The van der Waals surface area contributed by atoms with Crippen LogP contribution in [-0.4, -0.2) is 6.54 Å². The van der Waals surface area contributed by atoms with Crippen LogP contribution < -0.4 is 5.32 Å². The molecule has 0 fully saturated rings. The van der Waals surface area contributed by atoms with Gasteiger partial charge in [-0.1, -0.05) is 30.7 Å². The monoisotopic (exact) mass is 485 g/mol. The zero-order valence-electron chi connectivity index (χ0n) is 11.1. The van der Waals surface area contributed by atoms with Crippen molar-refractivity contribution in [2.75, 3.05) is 6.54 Å². The molecule has 0 amide bonds. The number of halogens is 5. The minimum atomic E-state index is -0.475. The summed E-state index contributed by atoms with van der Waals surface area (Å²) in [7, 11) is 0. The van der Waals surface area contributed by atoms with Crippen LogP contribution in [0.3, 0.4) is 0 Å². The third-order valence-electron chi connectivity index (χ3n) is 3.06. The summed E-state index contributed by atoms with van der Waals surface area (Å²) < 4.78 is 29.0. The van der Waals surface area contributed by atoms with Gasteiger partial charge in [0.2, 0.25) is 0 Å². The average molecular weight is 487 g/mol. The number of nitrogens with one attached hydrogen (secondary N) is 1. The minimum absolute atomic E-state index is 0.0486. The van der Waals surface area contributed by atoms with Crippen molar-refractivity contribution in [2.45, 2.75) is 13.0 Å². The maximum Gasteiger partial charge on any atom is 0.148 e. The smallest absolute Gasteiger partial charge is 0.148 e. The van der Waals surface area contributed by atoms with Gasteiger partial charge >= 0.3 is 0 Å². The van der Waals surface area contributed by atoms with E-state index in [0.29, 0.717) is 16.6 Å². The van der Waals surface area contributed by atoms with Gasteiger partial charge in [-0.25, -0.2) is 8.78 Å². The fraction of sp³-hybridized carbons (Fsp3) is 0.200. The molecule has 21 heavy (non-hydrogen) atoms. The molecule has 0 radical (unpaired) electrons. The molecule has 0 aliphatic carbocycles. The second-order valence-corrected chi connectivity index (χ2v) is 6.82. The predicted octanol–water partition coefficient (Wildman–Crippen LogP) is 5.68. The van der Waals surface area contributed by atoms with E-state index in [1.54, 1.807) is 18.2 Å². The van der Waals surface area contributed by atoms with Gasteiger partial charge < -0.3 is 5.32 Å². The number of benzene rings is 2. The van der Waals surface area contributed by atoms with E-state index in [-0.39, 0.29) is 16.9 Å². The van der Waals surface area contributed by atoms with Crippen LogP contribution in [-0.2, 0) is 0 Å². The van der Waals surface area contributed by atoms with Gasteiger partial charge in [0.05, 0.1) is 11.1 Å². The molecule has 6 heteroatoms. The molecule has 0 saturated heterocycles. The third-order valence-corrected chi connectivity index (χ3v) is 5.25. The molecule has 0 aliphatic rings. The van der Waals surface area contributed by atoms with Gasteiger partial charge in [0, 0.05) is 13.6 Å². The van der Waals surface area contributed by atoms with Crippen molar-refractivity contribution in [3.8, 4) is 0 Å². The van der Waals surface area contributed by atoms with Crippen LogP contribution in [0, 0.1) is 15.2 Å². The Bertz CT molecular complexity index is 666. The fourth-order valence-corrected chi connectivity index (χ4v) is 3.36. The lowest BCUT2D eigenvalue weighted by Gasteiger charge is -2.21. The first-order valence-corrected chi connectivity index (χ1v) is 8.52. The Morgan fingerprint density at radius 3 is 2.52 bits per heavy atom. The molecular weight excluding hydrogens is 474 g/mol. The minimum Gasteiger partial charge on any atom is -0.306 e. The molecule has 0 aliphatic heterocycles. The summed E-state index contributed by atoms with van der Waals surface area (Å²) in [6, 6.07) is 7.48. The second kappa shape index (κ2) is 7.35. The van der Waals surface area contributed by atoms with E-state index in [1.807, 2.05) is 6.92 Å². The van der Waals surface area contributed by atoms with Crippen molar-refractivity contribution in [2.24, 2.45) is 0 Å². The highest BCUT2D eigenvalue weighted by Gasteiger charge is 2.22. The zero-order valence-corrected chi connectivity index (χ0v) is 15.6. The number of rotatable bonds is 4. The highest BCUT2D eigenvalue weighted by molar-refractivity contribution is 14.1. The summed E-state index contributed by atoms with van der Waals surface area (Å²) in [6.07, 6.45) is 0. The maximum absolute atomic E-state index is 14.5. The lowest BCUT2D eigenvalue weighted by Crippen LogP contribution is -2.24. The topological polar surface area (TPSA) is 12.0 Å². The van der Waals surface area contributed by atoms with Gasteiger partial charge in [-0.2, -0.15) is 0 Å². The van der Waals surface area contributed by atoms with Crippen LogP contribution in [0.25, 0.3) is 0 Å². The first-order chi connectivity index (χ1) is 9.95. The molecule has 0 saturated carbocycles. The van der Waals surface area contributed by atoms with E-state index in [4.69, 9.17) is 11.6 Å². The number of hydrogen-bond acceptors (Lipinski definition) is 1. The molecule has 112 valence electrons. The Hall–Kier alpha value is -0.240. The van der Waals surface area contributed by atoms with Crippen LogP contribution in [0.15, 0.2) is 34.8 Å². The van der Waals surface area contributed by atoms with Crippen LogP contribution in [0.1, 0.15) is 24.1 Å². The van der Waals surface area contributed by atoms with E-state index in [0.717, 1.165) is 9.13 Å². The van der Waals surface area contributed by atoms with Crippen molar-refractivity contribution in [3.05, 3.63) is 66.2 Å². The van der Waals surface area contributed by atoms with E-state index in [2.05, 4.69) is 43.8 Å². The first kappa shape index (κ1) is 17.1. The molecule has 1 N–H and O–H groups in total. The molecule has 1 unspecified atom stereocenters. The maximum atomic E-state index is 14.5. The van der Waals surface area contributed by atoms with Crippen molar-refractivity contribution < 1.29 is 8.78 Å². The van der Waals surface area contributed by atoms with E-state index >= 15 is 0 Å². The number of hydrogen-bond donors (Lipinski definition) is 1. The van der Waals surface area contributed by atoms with Crippen molar-refractivity contribution >= 4 is 50.1 Å². The molecule has 1 atom stereocenters. The van der Waals surface area contributed by atoms with Gasteiger partial charge in [0.1, 0.15) is 11.6 Å². The van der Waals surface area contributed by atoms with Crippen LogP contribution in [0.5, 0.6) is 0 Å². The summed E-state index contributed by atoms with van der Waals surface area (Å²) >= 11 is 11.2. The van der Waals surface area contributed by atoms with Crippen LogP contribution >= 0.6 is 50.1 Å². The summed E-state index contributed by atoms with van der Waals surface area (Å²) in [4.78, 5) is 0. The molecular formula is C15H12BrClF2IN. The molecule has 2 aromatic carbocycles. The Balaban J connectivity index is 2.56. The third kappa shape index (κ3) is 3.75. The fourth-order valence-electron chi connectivity index (χ4n) is 2.09. The molecule has 2 rings (SSSR count). The quantitative estimate of drug-likeness (QED) is 0.433. The lowest BCUT2D eigenvalue weighted by atomic mass is 9.98. The van der Waals surface area contributed by atoms with E-state index in [1.165, 1.54) is 12.1 Å². The highest BCUT2D eigenvalue weighted by atomic mass is 127. The Labute approximate surface area is 149 Å².